The van der Waals surface area contributed by atoms with Crippen molar-refractivity contribution in [1.29, 1.82) is 0 Å². The number of ether oxygens (including phenoxy) is 2. The zero-order valence-electron chi connectivity index (χ0n) is 12.2. The number of carbonyl (C=O) groups is 1. The summed E-state index contributed by atoms with van der Waals surface area (Å²) in [6.07, 6.45) is 1.07. The van der Waals surface area contributed by atoms with Gasteiger partial charge in [0.15, 0.2) is 0 Å². The van der Waals surface area contributed by atoms with Crippen LogP contribution in [0.3, 0.4) is 0 Å². The third-order valence-electron chi connectivity index (χ3n) is 3.50. The molecule has 0 saturated carbocycles. The average molecular weight is 279 g/mol. The average Bonchev–Trinajstić information content (AvgIpc) is 2.75. The van der Waals surface area contributed by atoms with E-state index >= 15 is 0 Å². The molecule has 0 fully saturated rings. The molecule has 20 heavy (non-hydrogen) atoms. The molecule has 1 N–H and O–H groups in total. The molecule has 2 rings (SSSR count). The summed E-state index contributed by atoms with van der Waals surface area (Å²) in [5.41, 5.74) is 2.11. The Morgan fingerprint density at radius 1 is 1.55 bits per heavy atom. The summed E-state index contributed by atoms with van der Waals surface area (Å²) in [4.78, 5) is 12.7. The summed E-state index contributed by atoms with van der Waals surface area (Å²) in [6, 6.07) is 3.98. The first-order valence-corrected chi connectivity index (χ1v) is 6.84. The molecule has 5 nitrogen and oxygen atoms in total. The third-order valence-corrected chi connectivity index (χ3v) is 3.50. The van der Waals surface area contributed by atoms with E-state index in [1.165, 1.54) is 0 Å². The molecule has 1 heterocycles. The molecule has 110 valence electrons. The number of nitrogens with zero attached hydrogens (tertiary/aromatic N) is 1. The van der Waals surface area contributed by atoms with E-state index in [2.05, 4.69) is 0 Å². The number of hydrogen-bond acceptors (Lipinski definition) is 4. The van der Waals surface area contributed by atoms with E-state index in [4.69, 9.17) is 14.6 Å². The van der Waals surface area contributed by atoms with Crippen LogP contribution in [0.25, 0.3) is 0 Å². The van der Waals surface area contributed by atoms with E-state index < -0.39 is 5.97 Å². The van der Waals surface area contributed by atoms with Crippen molar-refractivity contribution in [2.45, 2.75) is 32.9 Å². The SMILES string of the molecule is CCN(CC(=O)O)Cc1cc2c(cc1OC)CC(C)O2. The van der Waals surface area contributed by atoms with Crippen LogP contribution < -0.4 is 9.47 Å². The number of carboxylic acid groups (broad SMARTS) is 1. The highest BCUT2D eigenvalue weighted by molar-refractivity contribution is 5.69. The van der Waals surface area contributed by atoms with Gasteiger partial charge in [-0.15, -0.1) is 0 Å². The monoisotopic (exact) mass is 279 g/mol. The second kappa shape index (κ2) is 6.13. The van der Waals surface area contributed by atoms with Crippen LogP contribution in [0.4, 0.5) is 0 Å². The summed E-state index contributed by atoms with van der Waals surface area (Å²) in [7, 11) is 1.64. The fraction of sp³-hybridized carbons (Fsp3) is 0.533. The first kappa shape index (κ1) is 14.7. The van der Waals surface area contributed by atoms with Gasteiger partial charge in [0.1, 0.15) is 17.6 Å². The van der Waals surface area contributed by atoms with Crippen LogP contribution in [-0.2, 0) is 17.8 Å². The summed E-state index contributed by atoms with van der Waals surface area (Å²) < 4.78 is 11.2. The van der Waals surface area contributed by atoms with Crippen LogP contribution in [0.1, 0.15) is 25.0 Å². The number of rotatable bonds is 6. The molecule has 0 amide bonds. The van der Waals surface area contributed by atoms with Crippen molar-refractivity contribution in [3.8, 4) is 11.5 Å². The smallest absolute Gasteiger partial charge is 0.317 e. The van der Waals surface area contributed by atoms with Gasteiger partial charge < -0.3 is 14.6 Å². The summed E-state index contributed by atoms with van der Waals surface area (Å²) in [5.74, 6) is 0.863. The molecule has 1 aromatic rings. The highest BCUT2D eigenvalue weighted by atomic mass is 16.5. The standard InChI is InChI=1S/C15H21NO4/c1-4-16(9-15(17)18)8-12-7-14-11(5-10(2)20-14)6-13(12)19-3/h6-7,10H,4-5,8-9H2,1-3H3,(H,17,18). The predicted molar refractivity (Wildman–Crippen MR) is 75.4 cm³/mol. The zero-order valence-corrected chi connectivity index (χ0v) is 12.2. The fourth-order valence-corrected chi connectivity index (χ4v) is 2.51. The lowest BCUT2D eigenvalue weighted by Crippen LogP contribution is -2.29. The molecule has 0 radical (unpaired) electrons. The van der Waals surface area contributed by atoms with Crippen LogP contribution in [0, 0.1) is 0 Å². The Labute approximate surface area is 119 Å². The number of fused-ring (bicyclic) bond motifs is 1. The number of carboxylic acids is 1. The van der Waals surface area contributed by atoms with Crippen LogP contribution >= 0.6 is 0 Å². The Kier molecular flexibility index (Phi) is 4.49. The number of hydrogen-bond donors (Lipinski definition) is 1. The Morgan fingerprint density at radius 2 is 2.30 bits per heavy atom. The van der Waals surface area contributed by atoms with Gasteiger partial charge in [-0.3, -0.25) is 9.69 Å². The van der Waals surface area contributed by atoms with Crippen LogP contribution in [0.2, 0.25) is 0 Å². The topological polar surface area (TPSA) is 59.0 Å². The molecule has 1 unspecified atom stereocenters. The summed E-state index contributed by atoms with van der Waals surface area (Å²) in [6.45, 7) is 5.21. The number of methoxy groups -OCH3 is 1. The van der Waals surface area contributed by atoms with Crippen molar-refractivity contribution in [1.82, 2.24) is 4.90 Å². The number of aliphatic carboxylic acids is 1. The maximum absolute atomic E-state index is 10.8. The van der Waals surface area contributed by atoms with Crippen molar-refractivity contribution in [3.63, 3.8) is 0 Å². The quantitative estimate of drug-likeness (QED) is 0.862. The minimum atomic E-state index is -0.822. The zero-order chi connectivity index (χ0) is 14.7. The first-order valence-electron chi connectivity index (χ1n) is 6.84. The molecule has 0 bridgehead atoms. The molecule has 1 aliphatic heterocycles. The van der Waals surface area contributed by atoms with Gasteiger partial charge in [-0.1, -0.05) is 6.92 Å². The van der Waals surface area contributed by atoms with Gasteiger partial charge in [0, 0.05) is 24.1 Å². The second-order valence-corrected chi connectivity index (χ2v) is 5.10. The minimum absolute atomic E-state index is 0.0218. The van der Waals surface area contributed by atoms with Crippen molar-refractivity contribution in [2.75, 3.05) is 20.2 Å². The molecular weight excluding hydrogens is 258 g/mol. The molecule has 5 heteroatoms. The third kappa shape index (κ3) is 3.22. The van der Waals surface area contributed by atoms with E-state index in [0.717, 1.165) is 29.0 Å². The highest BCUT2D eigenvalue weighted by Crippen LogP contribution is 2.35. The molecule has 1 atom stereocenters. The van der Waals surface area contributed by atoms with Crippen LogP contribution in [-0.4, -0.2) is 42.3 Å². The molecule has 0 aromatic heterocycles. The molecular formula is C15H21NO4. The summed E-state index contributed by atoms with van der Waals surface area (Å²) >= 11 is 0. The second-order valence-electron chi connectivity index (χ2n) is 5.10. The van der Waals surface area contributed by atoms with E-state index in [9.17, 15) is 4.79 Å². The van der Waals surface area contributed by atoms with Crippen LogP contribution in [0.15, 0.2) is 12.1 Å². The lowest BCUT2D eigenvalue weighted by Gasteiger charge is -2.20. The lowest BCUT2D eigenvalue weighted by atomic mass is 10.1. The van der Waals surface area contributed by atoms with Crippen molar-refractivity contribution in [2.24, 2.45) is 0 Å². The Bertz CT molecular complexity index is 501. The van der Waals surface area contributed by atoms with Gasteiger partial charge in [-0.25, -0.2) is 0 Å². The molecule has 0 spiro atoms. The highest BCUT2D eigenvalue weighted by Gasteiger charge is 2.22. The van der Waals surface area contributed by atoms with Gasteiger partial charge in [-0.05, 0) is 25.6 Å². The van der Waals surface area contributed by atoms with E-state index in [-0.39, 0.29) is 12.6 Å². The number of benzene rings is 1. The van der Waals surface area contributed by atoms with Gasteiger partial charge in [0.2, 0.25) is 0 Å². The van der Waals surface area contributed by atoms with Gasteiger partial charge in [0.25, 0.3) is 0 Å². The maximum Gasteiger partial charge on any atom is 0.317 e. The fourth-order valence-electron chi connectivity index (χ4n) is 2.51. The summed E-state index contributed by atoms with van der Waals surface area (Å²) in [5, 5.41) is 8.91. The van der Waals surface area contributed by atoms with E-state index in [0.29, 0.717) is 13.1 Å². The van der Waals surface area contributed by atoms with E-state index in [1.54, 1.807) is 7.11 Å². The normalized spacial score (nSPS) is 16.9. The minimum Gasteiger partial charge on any atom is -0.496 e. The molecule has 0 saturated heterocycles. The number of likely N-dealkylation sites (N-methyl/N-ethyl adjacent to an activating group) is 1. The van der Waals surface area contributed by atoms with E-state index in [1.807, 2.05) is 30.9 Å². The molecule has 1 aliphatic rings. The van der Waals surface area contributed by atoms with Gasteiger partial charge >= 0.3 is 5.97 Å². The maximum atomic E-state index is 10.8. The van der Waals surface area contributed by atoms with Crippen LogP contribution in [0.5, 0.6) is 11.5 Å². The van der Waals surface area contributed by atoms with Gasteiger partial charge in [-0.2, -0.15) is 0 Å². The van der Waals surface area contributed by atoms with Crippen molar-refractivity contribution in [3.05, 3.63) is 23.3 Å². The largest absolute Gasteiger partial charge is 0.496 e. The Hall–Kier alpha value is -1.75. The molecule has 1 aromatic carbocycles. The van der Waals surface area contributed by atoms with Gasteiger partial charge in [0.05, 0.1) is 13.7 Å². The molecule has 0 aliphatic carbocycles. The van der Waals surface area contributed by atoms with Crippen molar-refractivity contribution >= 4 is 5.97 Å². The first-order chi connectivity index (χ1) is 9.53. The van der Waals surface area contributed by atoms with Crippen molar-refractivity contribution < 1.29 is 19.4 Å². The Balaban J connectivity index is 2.22. The lowest BCUT2D eigenvalue weighted by molar-refractivity contribution is -0.138. The Morgan fingerprint density at radius 3 is 2.90 bits per heavy atom. The predicted octanol–water partition coefficient (Wildman–Crippen LogP) is 1.93.